The summed E-state index contributed by atoms with van der Waals surface area (Å²) in [4.78, 5) is 46.4. The molecular formula is C29H37N5O5S. The number of rotatable bonds is 8. The first-order valence-corrected chi connectivity index (χ1v) is 14.3. The van der Waals surface area contributed by atoms with Crippen LogP contribution in [0.3, 0.4) is 0 Å². The maximum atomic E-state index is 12.8. The van der Waals surface area contributed by atoms with Gasteiger partial charge in [-0.25, -0.2) is 14.6 Å². The summed E-state index contributed by atoms with van der Waals surface area (Å²) in [6.45, 7) is 8.70. The highest BCUT2D eigenvalue weighted by molar-refractivity contribution is 7.21. The van der Waals surface area contributed by atoms with Gasteiger partial charge in [-0.15, -0.1) is 11.3 Å². The average Bonchev–Trinajstić information content (AvgIpc) is 3.23. The second-order valence-corrected chi connectivity index (χ2v) is 11.9. The van der Waals surface area contributed by atoms with E-state index < -0.39 is 23.7 Å². The predicted molar refractivity (Wildman–Crippen MR) is 157 cm³/mol. The van der Waals surface area contributed by atoms with Gasteiger partial charge in [-0.2, -0.15) is 0 Å². The molecule has 2 aromatic heterocycles. The molecule has 1 aliphatic rings. The number of nitrogens with two attached hydrogens (primary N) is 1. The Labute approximate surface area is 238 Å². The molecule has 0 spiro atoms. The van der Waals surface area contributed by atoms with Crippen molar-refractivity contribution in [2.75, 3.05) is 36.8 Å². The van der Waals surface area contributed by atoms with Crippen LogP contribution < -0.4 is 16.0 Å². The van der Waals surface area contributed by atoms with Gasteiger partial charge in [0.2, 0.25) is 0 Å². The molecule has 0 bridgehead atoms. The lowest BCUT2D eigenvalue weighted by molar-refractivity contribution is -0.143. The van der Waals surface area contributed by atoms with Gasteiger partial charge in [0.25, 0.3) is 5.91 Å². The zero-order valence-corrected chi connectivity index (χ0v) is 24.2. The predicted octanol–water partition coefficient (Wildman–Crippen LogP) is 4.31. The van der Waals surface area contributed by atoms with Crippen LogP contribution in [0.4, 0.5) is 16.2 Å². The number of nitrogen functional groups attached to an aromatic ring is 1. The van der Waals surface area contributed by atoms with Gasteiger partial charge in [0.05, 0.1) is 5.69 Å². The number of hydrogen-bond acceptors (Lipinski definition) is 8. The van der Waals surface area contributed by atoms with Crippen LogP contribution in [0, 0.1) is 0 Å². The number of thiophene rings is 1. The fourth-order valence-corrected chi connectivity index (χ4v) is 5.67. The van der Waals surface area contributed by atoms with Gasteiger partial charge in [0.1, 0.15) is 21.4 Å². The van der Waals surface area contributed by atoms with Crippen molar-refractivity contribution in [3.05, 3.63) is 52.5 Å². The standard InChI is InChI=1S/C29H37N5O5S/c1-5-6-19-9-12-21-23(30)24(40-26(21)32-19)25(35)31-14-13-18-7-10-20(11-8-18)33-15-16-34(22(17-33)27(36)37)28(38)39-29(2,3)4/h7-12,22H,5-6,13-17,30H2,1-4H3,(H,31,35)(H,36,37)/t22-/m1/s1. The molecule has 0 radical (unpaired) electrons. The van der Waals surface area contributed by atoms with Crippen LogP contribution in [-0.2, 0) is 22.4 Å². The number of nitrogens with one attached hydrogen (secondary N) is 1. The van der Waals surface area contributed by atoms with Crippen LogP contribution in [0.5, 0.6) is 0 Å². The van der Waals surface area contributed by atoms with Gasteiger partial charge in [0.15, 0.2) is 0 Å². The normalized spacial score (nSPS) is 15.8. The zero-order chi connectivity index (χ0) is 29.0. The highest BCUT2D eigenvalue weighted by atomic mass is 32.1. The zero-order valence-electron chi connectivity index (χ0n) is 23.4. The molecule has 1 saturated heterocycles. The van der Waals surface area contributed by atoms with Crippen molar-refractivity contribution in [3.63, 3.8) is 0 Å². The summed E-state index contributed by atoms with van der Waals surface area (Å²) in [5.74, 6) is -1.28. The molecule has 40 heavy (non-hydrogen) atoms. The molecule has 2 amide bonds. The minimum Gasteiger partial charge on any atom is -0.480 e. The number of fused-ring (bicyclic) bond motifs is 1. The van der Waals surface area contributed by atoms with Gasteiger partial charge in [-0.3, -0.25) is 9.69 Å². The number of aryl methyl sites for hydroxylation is 1. The molecule has 3 heterocycles. The fraction of sp³-hybridized carbons (Fsp3) is 0.448. The minimum atomic E-state index is -1.07. The second-order valence-electron chi connectivity index (χ2n) is 10.9. The third-order valence-electron chi connectivity index (χ3n) is 6.66. The summed E-state index contributed by atoms with van der Waals surface area (Å²) < 4.78 is 5.40. The van der Waals surface area contributed by atoms with Crippen LogP contribution in [-0.4, -0.2) is 70.8 Å². The fourth-order valence-electron chi connectivity index (χ4n) is 4.64. The van der Waals surface area contributed by atoms with Crippen molar-refractivity contribution in [2.45, 2.75) is 58.6 Å². The Hall–Kier alpha value is -3.86. The van der Waals surface area contributed by atoms with Gasteiger partial charge in [-0.05, 0) is 63.4 Å². The Morgan fingerprint density at radius 2 is 1.85 bits per heavy atom. The van der Waals surface area contributed by atoms with E-state index in [-0.39, 0.29) is 19.0 Å². The topological polar surface area (TPSA) is 138 Å². The number of pyridine rings is 1. The first kappa shape index (κ1) is 29.1. The average molecular weight is 568 g/mol. The van der Waals surface area contributed by atoms with Crippen molar-refractivity contribution in [3.8, 4) is 0 Å². The number of hydrogen-bond donors (Lipinski definition) is 3. The number of ether oxygens (including phenoxy) is 1. The van der Waals surface area contributed by atoms with E-state index in [9.17, 15) is 19.5 Å². The third-order valence-corrected chi connectivity index (χ3v) is 7.77. The maximum Gasteiger partial charge on any atom is 0.411 e. The lowest BCUT2D eigenvalue weighted by Gasteiger charge is -2.40. The highest BCUT2D eigenvalue weighted by Gasteiger charge is 2.37. The molecular weight excluding hydrogens is 530 g/mol. The largest absolute Gasteiger partial charge is 0.480 e. The summed E-state index contributed by atoms with van der Waals surface area (Å²) in [6.07, 6.45) is 1.89. The molecule has 11 heteroatoms. The van der Waals surface area contributed by atoms with E-state index in [0.29, 0.717) is 30.1 Å². The molecule has 0 aliphatic carbocycles. The highest BCUT2D eigenvalue weighted by Crippen LogP contribution is 2.32. The molecule has 3 aromatic rings. The number of carbonyl (C=O) groups is 3. The van der Waals surface area contributed by atoms with Crippen molar-refractivity contribution in [1.29, 1.82) is 0 Å². The van der Waals surface area contributed by atoms with Gasteiger partial charge in [-0.1, -0.05) is 25.5 Å². The van der Waals surface area contributed by atoms with Gasteiger partial charge >= 0.3 is 12.1 Å². The Bertz CT molecular complexity index is 1380. The van der Waals surface area contributed by atoms with Crippen LogP contribution >= 0.6 is 11.3 Å². The number of nitrogens with zero attached hydrogens (tertiary/aromatic N) is 3. The molecule has 0 unspecified atom stereocenters. The lowest BCUT2D eigenvalue weighted by atomic mass is 10.1. The number of carboxylic acid groups (broad SMARTS) is 1. The number of benzene rings is 1. The van der Waals surface area contributed by atoms with E-state index in [1.165, 1.54) is 16.2 Å². The number of anilines is 2. The van der Waals surface area contributed by atoms with E-state index >= 15 is 0 Å². The quantitative estimate of drug-likeness (QED) is 0.366. The smallest absolute Gasteiger partial charge is 0.411 e. The van der Waals surface area contributed by atoms with E-state index in [1.54, 1.807) is 20.8 Å². The van der Waals surface area contributed by atoms with Crippen LogP contribution in [0.1, 0.15) is 55.0 Å². The molecule has 0 saturated carbocycles. The Morgan fingerprint density at radius 1 is 1.12 bits per heavy atom. The molecule has 10 nitrogen and oxygen atoms in total. The lowest BCUT2D eigenvalue weighted by Crippen LogP contribution is -2.59. The molecule has 1 aromatic carbocycles. The maximum absolute atomic E-state index is 12.8. The number of amides is 2. The summed E-state index contributed by atoms with van der Waals surface area (Å²) >= 11 is 1.31. The first-order chi connectivity index (χ1) is 19.0. The Morgan fingerprint density at radius 3 is 2.50 bits per heavy atom. The monoisotopic (exact) mass is 567 g/mol. The SMILES string of the molecule is CCCc1ccc2c(N)c(C(=O)NCCc3ccc(N4CCN(C(=O)OC(C)(C)C)[C@@H](C(=O)O)C4)cc3)sc2n1. The van der Waals surface area contributed by atoms with Crippen molar-refractivity contribution >= 4 is 50.9 Å². The molecule has 4 rings (SSSR count). The van der Waals surface area contributed by atoms with E-state index in [0.717, 1.165) is 40.0 Å². The number of carboxylic acids is 1. The molecule has 1 atom stereocenters. The number of aliphatic carboxylic acids is 1. The molecule has 214 valence electrons. The summed E-state index contributed by atoms with van der Waals surface area (Å²) in [7, 11) is 0. The molecule has 1 fully saturated rings. The second kappa shape index (κ2) is 12.1. The van der Waals surface area contributed by atoms with Gasteiger partial charge in [0, 0.05) is 42.9 Å². The van der Waals surface area contributed by atoms with E-state index in [4.69, 9.17) is 10.5 Å². The minimum absolute atomic E-state index is 0.162. The Balaban J connectivity index is 1.33. The Kier molecular flexibility index (Phi) is 8.82. The number of carbonyl (C=O) groups excluding carboxylic acids is 2. The van der Waals surface area contributed by atoms with Crippen molar-refractivity contribution < 1.29 is 24.2 Å². The first-order valence-electron chi connectivity index (χ1n) is 13.5. The van der Waals surface area contributed by atoms with Crippen molar-refractivity contribution in [2.24, 2.45) is 0 Å². The van der Waals surface area contributed by atoms with E-state index in [2.05, 4.69) is 17.2 Å². The van der Waals surface area contributed by atoms with Gasteiger partial charge < -0.3 is 25.8 Å². The summed E-state index contributed by atoms with van der Waals surface area (Å²) in [6, 6.07) is 10.7. The van der Waals surface area contributed by atoms with Crippen LogP contribution in [0.25, 0.3) is 10.2 Å². The van der Waals surface area contributed by atoms with Crippen LogP contribution in [0.15, 0.2) is 36.4 Å². The third kappa shape index (κ3) is 6.82. The molecule has 4 N–H and O–H groups in total. The van der Waals surface area contributed by atoms with E-state index in [1.807, 2.05) is 41.3 Å². The number of aromatic nitrogens is 1. The number of piperazine rings is 1. The molecule has 1 aliphatic heterocycles. The summed E-state index contributed by atoms with van der Waals surface area (Å²) in [5, 5.41) is 13.5. The van der Waals surface area contributed by atoms with Crippen LogP contribution in [0.2, 0.25) is 0 Å². The van der Waals surface area contributed by atoms with Crippen molar-refractivity contribution in [1.82, 2.24) is 15.2 Å². The summed E-state index contributed by atoms with van der Waals surface area (Å²) in [5.41, 5.74) is 8.91.